The van der Waals surface area contributed by atoms with E-state index in [2.05, 4.69) is 0 Å². The van der Waals surface area contributed by atoms with Gasteiger partial charge in [-0.1, -0.05) is 0 Å². The summed E-state index contributed by atoms with van der Waals surface area (Å²) in [6, 6.07) is 0. The summed E-state index contributed by atoms with van der Waals surface area (Å²) in [4.78, 5) is 0. The molecule has 0 amide bonds. The van der Waals surface area contributed by atoms with Gasteiger partial charge in [0.1, 0.15) is 0 Å². The quantitative estimate of drug-likeness (QED) is 0.497. The van der Waals surface area contributed by atoms with Crippen LogP contribution in [0.15, 0.2) is 0 Å². The van der Waals surface area contributed by atoms with E-state index in [1.54, 1.807) is 0 Å². The molecule has 0 bridgehead atoms. The van der Waals surface area contributed by atoms with Crippen molar-refractivity contribution in [3.8, 4) is 0 Å². The molecule has 0 aliphatic heterocycles. The van der Waals surface area contributed by atoms with Crippen LogP contribution in [0.1, 0.15) is 0 Å². The molecule has 9 heteroatoms. The van der Waals surface area contributed by atoms with Crippen LogP contribution in [0.2, 0.25) is 0 Å². The second-order valence-electron chi connectivity index (χ2n) is 0.921. The SMILES string of the molecule is O=S(=O)(O)C(F)(F)F.[Sc].[Yb]. The maximum Gasteiger partial charge on any atom is 0.522 e. The fourth-order valence-electron chi connectivity index (χ4n) is 0. The van der Waals surface area contributed by atoms with Crippen molar-refractivity contribution in [1.82, 2.24) is 0 Å². The van der Waals surface area contributed by atoms with Gasteiger partial charge in [-0.3, -0.25) is 4.55 Å². The van der Waals surface area contributed by atoms with Gasteiger partial charge in [0.15, 0.2) is 0 Å². The van der Waals surface area contributed by atoms with Crippen molar-refractivity contribution >= 4 is 10.1 Å². The fourth-order valence-corrected chi connectivity index (χ4v) is 0. The van der Waals surface area contributed by atoms with Crippen LogP contribution in [0.25, 0.3) is 0 Å². The topological polar surface area (TPSA) is 54.4 Å². The van der Waals surface area contributed by atoms with Crippen molar-refractivity contribution in [1.29, 1.82) is 0 Å². The largest absolute Gasteiger partial charge is 0.522 e. The first-order valence-electron chi connectivity index (χ1n) is 1.29. The van der Waals surface area contributed by atoms with E-state index < -0.39 is 15.6 Å². The number of hydrogen-bond donors (Lipinski definition) is 1. The Labute approximate surface area is 113 Å². The summed E-state index contributed by atoms with van der Waals surface area (Å²) in [5, 5.41) is 0. The Bertz CT molecular complexity index is 173. The minimum atomic E-state index is -5.84. The first-order valence-corrected chi connectivity index (χ1v) is 2.73. The standard InChI is InChI=1S/CHF3O3S.Sc.Yb/c2-1(3,4)8(5,6)7;;/h(H,5,6,7);;. The summed E-state index contributed by atoms with van der Waals surface area (Å²) in [6.45, 7) is 0. The number of rotatable bonds is 0. The molecule has 0 saturated carbocycles. The predicted molar refractivity (Wildman–Crippen MR) is 17.6 cm³/mol. The molecule has 0 aromatic rings. The Hall–Kier alpha value is 2.09. The molecule has 0 heterocycles. The zero-order valence-electron chi connectivity index (χ0n) is 4.15. The number of halogens is 3. The Morgan fingerprint density at radius 2 is 1.30 bits per heavy atom. The Morgan fingerprint density at radius 3 is 1.30 bits per heavy atom. The van der Waals surface area contributed by atoms with Gasteiger partial charge < -0.3 is 0 Å². The zero-order chi connectivity index (χ0) is 7.00. The summed E-state index contributed by atoms with van der Waals surface area (Å²) < 4.78 is 57.5. The average Bonchev–Trinajstić information content (AvgIpc) is 1.25. The second kappa shape index (κ2) is 5.69. The normalized spacial score (nSPS) is 11.2. The summed E-state index contributed by atoms with van der Waals surface area (Å²) in [5.74, 6) is 0. The molecule has 0 aliphatic rings. The van der Waals surface area contributed by atoms with E-state index in [4.69, 9.17) is 13.0 Å². The molecule has 67 valence electrons. The fraction of sp³-hybridized carbons (Fsp3) is 1.00. The minimum Gasteiger partial charge on any atom is -0.279 e. The average molecular weight is 368 g/mol. The molecule has 0 saturated heterocycles. The summed E-state index contributed by atoms with van der Waals surface area (Å²) >= 11 is 0. The third kappa shape index (κ3) is 6.78. The maximum atomic E-state index is 10.7. The second-order valence-corrected chi connectivity index (χ2v) is 2.33. The third-order valence-corrected chi connectivity index (χ3v) is 0.877. The Kier molecular flexibility index (Phi) is 10.2. The predicted octanol–water partition coefficient (Wildman–Crippen LogP) is 0.392. The van der Waals surface area contributed by atoms with Crippen molar-refractivity contribution in [2.75, 3.05) is 0 Å². The van der Waals surface area contributed by atoms with Crippen molar-refractivity contribution in [2.45, 2.75) is 5.51 Å². The van der Waals surface area contributed by atoms with Crippen LogP contribution in [-0.4, -0.2) is 18.5 Å². The molecule has 0 unspecified atom stereocenters. The van der Waals surface area contributed by atoms with E-state index in [9.17, 15) is 13.2 Å². The molecule has 0 aliphatic carbocycles. The zero-order valence-corrected chi connectivity index (χ0v) is 8.48. The van der Waals surface area contributed by atoms with E-state index in [1.165, 1.54) is 0 Å². The molecule has 0 aromatic carbocycles. The monoisotopic (exact) mass is 369 g/mol. The van der Waals surface area contributed by atoms with Crippen molar-refractivity contribution in [3.63, 3.8) is 0 Å². The van der Waals surface area contributed by atoms with Crippen LogP contribution in [0.5, 0.6) is 0 Å². The van der Waals surface area contributed by atoms with Crippen molar-refractivity contribution < 1.29 is 98.9 Å². The molecule has 1 radical (unpaired) electrons. The van der Waals surface area contributed by atoms with Gasteiger partial charge >= 0.3 is 15.6 Å². The van der Waals surface area contributed by atoms with E-state index in [-0.39, 0.29) is 72.8 Å². The Balaban J connectivity index is -0.000000245. The van der Waals surface area contributed by atoms with Gasteiger partial charge in [0.2, 0.25) is 0 Å². The molecule has 0 rings (SSSR count). The van der Waals surface area contributed by atoms with Gasteiger partial charge in [-0.2, -0.15) is 21.6 Å². The van der Waals surface area contributed by atoms with Gasteiger partial charge in [-0.25, -0.2) is 0 Å². The molecule has 1 N–H and O–H groups in total. The maximum absolute atomic E-state index is 10.7. The van der Waals surface area contributed by atoms with E-state index >= 15 is 0 Å². The molecule has 0 fully saturated rings. The summed E-state index contributed by atoms with van der Waals surface area (Å²) in [5.41, 5.74) is -5.53. The molecule has 0 spiro atoms. The van der Waals surface area contributed by atoms with Crippen LogP contribution in [0, 0.1) is 46.9 Å². The van der Waals surface area contributed by atoms with Crippen LogP contribution in [0.4, 0.5) is 13.2 Å². The van der Waals surface area contributed by atoms with Gasteiger partial charge in [-0.05, 0) is 0 Å². The van der Waals surface area contributed by atoms with Gasteiger partial charge in [0, 0.05) is 72.8 Å². The molecule has 3 nitrogen and oxygen atoms in total. The number of alkyl halides is 3. The third-order valence-electron chi connectivity index (χ3n) is 0.292. The van der Waals surface area contributed by atoms with Crippen LogP contribution < -0.4 is 0 Å². The van der Waals surface area contributed by atoms with Gasteiger partial charge in [0.25, 0.3) is 0 Å². The summed E-state index contributed by atoms with van der Waals surface area (Å²) in [6.07, 6.45) is 0. The molecular weight excluding hydrogens is 367 g/mol. The Morgan fingerprint density at radius 1 is 1.20 bits per heavy atom. The molecular formula is CHF3O3SScYb. The van der Waals surface area contributed by atoms with Crippen LogP contribution >= 0.6 is 0 Å². The van der Waals surface area contributed by atoms with Crippen LogP contribution in [-0.2, 0) is 36.0 Å². The van der Waals surface area contributed by atoms with Crippen LogP contribution in [0.3, 0.4) is 0 Å². The first-order chi connectivity index (χ1) is 3.25. The smallest absolute Gasteiger partial charge is 0.279 e. The van der Waals surface area contributed by atoms with Gasteiger partial charge in [-0.15, -0.1) is 0 Å². The first kappa shape index (κ1) is 18.0. The minimum absolute atomic E-state index is 0. The molecule has 0 atom stereocenters. The molecule has 10 heavy (non-hydrogen) atoms. The van der Waals surface area contributed by atoms with Gasteiger partial charge in [0.05, 0.1) is 0 Å². The van der Waals surface area contributed by atoms with E-state index in [1.807, 2.05) is 0 Å². The molecule has 0 aromatic heterocycles. The van der Waals surface area contributed by atoms with Crippen molar-refractivity contribution in [2.24, 2.45) is 0 Å². The number of hydrogen-bond acceptors (Lipinski definition) is 2. The van der Waals surface area contributed by atoms with E-state index in [0.717, 1.165) is 0 Å². The summed E-state index contributed by atoms with van der Waals surface area (Å²) in [7, 11) is -5.84. The van der Waals surface area contributed by atoms with Crippen molar-refractivity contribution in [3.05, 3.63) is 0 Å². The van der Waals surface area contributed by atoms with E-state index in [0.29, 0.717) is 0 Å².